The molecule has 0 spiro atoms. The Morgan fingerprint density at radius 1 is 1.33 bits per heavy atom. The average Bonchev–Trinajstić information content (AvgIpc) is 3.15. The van der Waals surface area contributed by atoms with Crippen LogP contribution in [0.3, 0.4) is 0 Å². The molecule has 1 aliphatic heterocycles. The van der Waals surface area contributed by atoms with Gasteiger partial charge in [0.25, 0.3) is 0 Å². The van der Waals surface area contributed by atoms with Gasteiger partial charge in [-0.15, -0.1) is 0 Å². The van der Waals surface area contributed by atoms with Crippen molar-refractivity contribution in [1.29, 1.82) is 0 Å². The van der Waals surface area contributed by atoms with Crippen molar-refractivity contribution >= 4 is 43.7 Å². The van der Waals surface area contributed by atoms with Crippen molar-refractivity contribution in [3.8, 4) is 5.75 Å². The number of hydrogen-bond donors (Lipinski definition) is 3. The molecule has 158 valence electrons. The number of hydrogen-bond acceptors (Lipinski definition) is 7. The van der Waals surface area contributed by atoms with Gasteiger partial charge in [-0.3, -0.25) is 4.84 Å². The summed E-state index contributed by atoms with van der Waals surface area (Å²) in [4.78, 5) is 13.8. The predicted octanol–water partition coefficient (Wildman–Crippen LogP) is 2.78. The van der Waals surface area contributed by atoms with E-state index < -0.39 is 15.5 Å². The first-order valence-corrected chi connectivity index (χ1v) is 11.4. The van der Waals surface area contributed by atoms with Crippen LogP contribution < -0.4 is 20.3 Å². The zero-order valence-electron chi connectivity index (χ0n) is 16.6. The van der Waals surface area contributed by atoms with E-state index in [9.17, 15) is 8.60 Å². The van der Waals surface area contributed by atoms with E-state index in [2.05, 4.69) is 31.4 Å². The molecular weight excluding hydrogens is 409 g/mol. The number of anilines is 3. The van der Waals surface area contributed by atoms with Crippen LogP contribution >= 0.6 is 0 Å². The lowest BCUT2D eigenvalue weighted by Gasteiger charge is -2.17. The normalized spacial score (nSPS) is 18.2. The van der Waals surface area contributed by atoms with Gasteiger partial charge in [0.1, 0.15) is 36.4 Å². The Labute approximate surface area is 173 Å². The van der Waals surface area contributed by atoms with Crippen molar-refractivity contribution in [2.75, 3.05) is 29.4 Å². The summed E-state index contributed by atoms with van der Waals surface area (Å²) >= 11 is 0. The van der Waals surface area contributed by atoms with E-state index in [-0.39, 0.29) is 6.10 Å². The first kappa shape index (κ1) is 20.3. The summed E-state index contributed by atoms with van der Waals surface area (Å²) in [7, 11) is -2.42. The van der Waals surface area contributed by atoms with Crippen molar-refractivity contribution < 1.29 is 18.2 Å². The molecule has 1 saturated heterocycles. The number of aryl methyl sites for hydroxylation is 1. The minimum Gasteiger partial charge on any atom is -0.484 e. The topological polar surface area (TPSA) is 97.4 Å². The molecule has 3 aromatic rings. The number of nitrogens with zero attached hydrogens (tertiary/aromatic N) is 2. The average molecular weight is 431 g/mol. The lowest BCUT2D eigenvalue weighted by Crippen LogP contribution is -2.22. The molecule has 0 saturated carbocycles. The Balaban J connectivity index is 1.70. The number of ether oxygens (including phenoxy) is 1. The van der Waals surface area contributed by atoms with Crippen molar-refractivity contribution in [3.63, 3.8) is 0 Å². The van der Waals surface area contributed by atoms with E-state index in [1.54, 1.807) is 12.1 Å². The largest absolute Gasteiger partial charge is 0.484 e. The van der Waals surface area contributed by atoms with E-state index in [4.69, 9.17) is 9.57 Å². The molecule has 1 aliphatic rings. The fraction of sp³-hybridized carbons (Fsp3) is 0.250. The van der Waals surface area contributed by atoms with Crippen LogP contribution in [0.2, 0.25) is 0 Å². The minimum atomic E-state index is -2.42. The van der Waals surface area contributed by atoms with Crippen LogP contribution in [0.15, 0.2) is 36.7 Å². The molecule has 2 aromatic carbocycles. The first-order chi connectivity index (χ1) is 14.3. The Hall–Kier alpha value is -2.95. The molecule has 1 fully saturated rings. The summed E-state index contributed by atoms with van der Waals surface area (Å²) in [6.07, 6.45) is 2.73. The maximum atomic E-state index is 13.8. The van der Waals surface area contributed by atoms with Crippen molar-refractivity contribution in [2.24, 2.45) is 0 Å². The third-order valence-electron chi connectivity index (χ3n) is 4.44. The SMILES string of the molecule is C=S(C)(=O)Nc1cc(C)c2c(Nc3ccc(F)cc3OC3CNOC3)ncnc2c1. The summed E-state index contributed by atoms with van der Waals surface area (Å²) in [5.74, 6) is 4.13. The molecule has 4 rings (SSSR count). The van der Waals surface area contributed by atoms with Gasteiger partial charge in [-0.2, -0.15) is 5.48 Å². The first-order valence-electron chi connectivity index (χ1n) is 9.22. The molecule has 0 aliphatic carbocycles. The highest BCUT2D eigenvalue weighted by atomic mass is 32.2. The number of hydroxylamine groups is 1. The second kappa shape index (κ2) is 8.05. The van der Waals surface area contributed by atoms with Gasteiger partial charge in [0.05, 0.1) is 17.7 Å². The molecule has 8 nitrogen and oxygen atoms in total. The molecule has 2 unspecified atom stereocenters. The van der Waals surface area contributed by atoms with Crippen LogP contribution in [0.4, 0.5) is 21.6 Å². The van der Waals surface area contributed by atoms with Crippen LogP contribution in [-0.4, -0.2) is 45.6 Å². The summed E-state index contributed by atoms with van der Waals surface area (Å²) in [6.45, 7) is 2.79. The molecule has 0 radical (unpaired) electrons. The van der Waals surface area contributed by atoms with E-state index in [0.717, 1.165) is 10.9 Å². The zero-order valence-corrected chi connectivity index (χ0v) is 17.4. The fourth-order valence-electron chi connectivity index (χ4n) is 3.24. The number of nitrogens with one attached hydrogen (secondary N) is 3. The van der Waals surface area contributed by atoms with Gasteiger partial charge >= 0.3 is 0 Å². The second-order valence-corrected chi connectivity index (χ2v) is 9.40. The number of fused-ring (bicyclic) bond motifs is 1. The maximum Gasteiger partial charge on any atom is 0.146 e. The standard InChI is InChI=1S/C20H22FN5O3S/c1-12-6-14(26-30(2,3)27)8-17-19(12)20(23-11-22-17)25-16-5-4-13(21)7-18(16)29-15-9-24-28-10-15/h4-8,11,15,24H,2,9-10H2,1,3H3,(H,26,27)(H,22,23,25). The van der Waals surface area contributed by atoms with Crippen molar-refractivity contribution in [2.45, 2.75) is 13.0 Å². The maximum absolute atomic E-state index is 13.8. The van der Waals surface area contributed by atoms with Crippen LogP contribution in [0.25, 0.3) is 10.9 Å². The summed E-state index contributed by atoms with van der Waals surface area (Å²) in [6, 6.07) is 7.91. The molecule has 0 bridgehead atoms. The molecule has 30 heavy (non-hydrogen) atoms. The minimum absolute atomic E-state index is 0.226. The number of benzene rings is 2. The Morgan fingerprint density at radius 3 is 2.90 bits per heavy atom. The third-order valence-corrected chi connectivity index (χ3v) is 5.11. The van der Waals surface area contributed by atoms with Crippen molar-refractivity contribution in [1.82, 2.24) is 15.4 Å². The molecule has 10 heteroatoms. The Kier molecular flexibility index (Phi) is 5.46. The van der Waals surface area contributed by atoms with E-state index >= 15 is 0 Å². The molecule has 2 atom stereocenters. The summed E-state index contributed by atoms with van der Waals surface area (Å²) < 4.78 is 34.6. The monoisotopic (exact) mass is 431 g/mol. The van der Waals surface area contributed by atoms with Gasteiger partial charge in [-0.1, -0.05) is 0 Å². The highest BCUT2D eigenvalue weighted by molar-refractivity contribution is 8.00. The van der Waals surface area contributed by atoms with Crippen LogP contribution in [0, 0.1) is 12.7 Å². The number of aromatic nitrogens is 2. The van der Waals surface area contributed by atoms with Crippen molar-refractivity contribution in [3.05, 3.63) is 48.0 Å². The van der Waals surface area contributed by atoms with Gasteiger partial charge in [0.2, 0.25) is 0 Å². The fourth-order valence-corrected chi connectivity index (χ4v) is 3.85. The molecule has 3 N–H and O–H groups in total. The third kappa shape index (κ3) is 4.61. The predicted molar refractivity (Wildman–Crippen MR) is 117 cm³/mol. The van der Waals surface area contributed by atoms with Gasteiger partial charge < -0.3 is 14.8 Å². The van der Waals surface area contributed by atoms with Crippen LogP contribution in [0.1, 0.15) is 5.56 Å². The van der Waals surface area contributed by atoms with Gasteiger partial charge in [-0.05, 0) is 42.6 Å². The molecule has 0 amide bonds. The lowest BCUT2D eigenvalue weighted by atomic mass is 10.1. The number of rotatable bonds is 6. The molecular formula is C20H22FN5O3S. The molecule has 2 heterocycles. The van der Waals surface area contributed by atoms with Gasteiger partial charge in [0, 0.05) is 33.1 Å². The van der Waals surface area contributed by atoms with E-state index in [0.29, 0.717) is 41.6 Å². The zero-order chi connectivity index (χ0) is 21.3. The smallest absolute Gasteiger partial charge is 0.146 e. The quantitative estimate of drug-likeness (QED) is 0.517. The summed E-state index contributed by atoms with van der Waals surface area (Å²) in [5, 5.41) is 4.02. The van der Waals surface area contributed by atoms with Crippen LogP contribution in [-0.2, 0) is 14.5 Å². The number of halogens is 1. The van der Waals surface area contributed by atoms with E-state index in [1.807, 2.05) is 13.0 Å². The lowest BCUT2D eigenvalue weighted by molar-refractivity contribution is 0.0844. The highest BCUT2D eigenvalue weighted by Gasteiger charge is 2.20. The summed E-state index contributed by atoms with van der Waals surface area (Å²) in [5.41, 5.74) is 5.50. The Morgan fingerprint density at radius 2 is 2.17 bits per heavy atom. The molecule has 1 aromatic heterocycles. The Bertz CT molecular complexity index is 1200. The van der Waals surface area contributed by atoms with Gasteiger partial charge in [0.15, 0.2) is 0 Å². The highest BCUT2D eigenvalue weighted by Crippen LogP contribution is 2.33. The van der Waals surface area contributed by atoms with Gasteiger partial charge in [-0.25, -0.2) is 18.6 Å². The van der Waals surface area contributed by atoms with Crippen LogP contribution in [0.5, 0.6) is 5.75 Å². The second-order valence-electron chi connectivity index (χ2n) is 7.18. The van der Waals surface area contributed by atoms with E-state index in [1.165, 1.54) is 24.7 Å².